The zero-order chi connectivity index (χ0) is 39.9. The van der Waals surface area contributed by atoms with Gasteiger partial charge < -0.3 is 29.5 Å². The van der Waals surface area contributed by atoms with Crippen LogP contribution in [0.2, 0.25) is 0 Å². The van der Waals surface area contributed by atoms with Crippen LogP contribution in [-0.4, -0.2) is 29.9 Å². The number of hydrogen-bond donors (Lipinski definition) is 3. The third-order valence-electron chi connectivity index (χ3n) is 8.41. The Hall–Kier alpha value is -6.97. The number of aromatic nitrogens is 6. The van der Waals surface area contributed by atoms with Crippen LogP contribution in [0.25, 0.3) is 33.8 Å². The monoisotopic (exact) mass is 851 g/mol. The molecule has 0 saturated heterocycles. The summed E-state index contributed by atoms with van der Waals surface area (Å²) in [5, 5.41) is 18.0. The SMILES string of the molecule is O=P(Oc1ccc(Nc2nc(-c3ccncc3)cs2)cc1)(Oc1ccc(Nc2nc(-c3ccncc3)cs2)cc1)Oc1ccc(Nc2nc(-c3ccncc3)cs2)cc1. The van der Waals surface area contributed by atoms with Crippen molar-refractivity contribution in [3.8, 4) is 51.0 Å². The molecule has 0 spiro atoms. The molecule has 290 valence electrons. The highest BCUT2D eigenvalue weighted by atomic mass is 32.1. The summed E-state index contributed by atoms with van der Waals surface area (Å²) >= 11 is 4.44. The first kappa shape index (κ1) is 37.6. The standard InChI is InChI=1S/C42H30N9O4PS3/c52-56(53-34-7-1-31(2-8-34)46-40-49-37(25-57-40)28-13-19-43-20-14-28,54-35-9-3-32(4-10-35)47-41-50-38(26-58-41)29-15-21-44-22-16-29)55-36-11-5-33(6-12-36)48-42-51-39(27-59-42)30-17-23-45-24-18-30/h1-27H,(H,46,49)(H,47,50)(H,48,51). The number of rotatable bonds is 15. The average molecular weight is 852 g/mol. The molecule has 0 aliphatic heterocycles. The van der Waals surface area contributed by atoms with E-state index in [1.807, 2.05) is 52.5 Å². The summed E-state index contributed by atoms with van der Waals surface area (Å²) in [5.41, 5.74) is 7.76. The third kappa shape index (κ3) is 9.60. The summed E-state index contributed by atoms with van der Waals surface area (Å²) in [7, 11) is -4.33. The van der Waals surface area contributed by atoms with E-state index >= 15 is 0 Å². The number of thiazole rings is 3. The van der Waals surface area contributed by atoms with Gasteiger partial charge >= 0.3 is 7.82 Å². The van der Waals surface area contributed by atoms with E-state index in [1.165, 1.54) is 34.0 Å². The summed E-state index contributed by atoms with van der Waals surface area (Å²) in [6.45, 7) is 0. The van der Waals surface area contributed by atoms with E-state index in [9.17, 15) is 4.57 Å². The van der Waals surface area contributed by atoms with Gasteiger partial charge in [-0.15, -0.1) is 34.0 Å². The lowest BCUT2D eigenvalue weighted by molar-refractivity contribution is 0.298. The molecule has 3 N–H and O–H groups in total. The summed E-state index contributed by atoms with van der Waals surface area (Å²) < 4.78 is 32.6. The summed E-state index contributed by atoms with van der Waals surface area (Å²) in [5.74, 6) is 0.818. The number of phosphoric ester groups is 1. The van der Waals surface area contributed by atoms with E-state index in [-0.39, 0.29) is 17.2 Å². The van der Waals surface area contributed by atoms with Crippen molar-refractivity contribution in [3.63, 3.8) is 0 Å². The highest BCUT2D eigenvalue weighted by Crippen LogP contribution is 2.50. The number of nitrogens with zero attached hydrogens (tertiary/aromatic N) is 6. The van der Waals surface area contributed by atoms with Crippen LogP contribution in [0.1, 0.15) is 0 Å². The van der Waals surface area contributed by atoms with E-state index in [1.54, 1.807) is 110 Å². The lowest BCUT2D eigenvalue weighted by atomic mass is 10.2. The van der Waals surface area contributed by atoms with Gasteiger partial charge in [0.2, 0.25) is 0 Å². The van der Waals surface area contributed by atoms with Crippen molar-refractivity contribution in [3.05, 3.63) is 163 Å². The summed E-state index contributed by atoms with van der Waals surface area (Å²) in [6.07, 6.45) is 10.4. The van der Waals surface area contributed by atoms with Gasteiger partial charge in [0.1, 0.15) is 17.2 Å². The smallest absolute Gasteiger partial charge is 0.386 e. The Balaban J connectivity index is 0.900. The topological polar surface area (TPSA) is 158 Å². The van der Waals surface area contributed by atoms with Gasteiger partial charge in [0, 0.05) is 87.1 Å². The number of benzene rings is 3. The first-order valence-corrected chi connectivity index (χ1v) is 22.0. The van der Waals surface area contributed by atoms with Crippen molar-refractivity contribution < 1.29 is 18.1 Å². The van der Waals surface area contributed by atoms with E-state index in [2.05, 4.69) is 45.9 Å². The molecule has 0 aliphatic rings. The van der Waals surface area contributed by atoms with Gasteiger partial charge in [0.25, 0.3) is 0 Å². The molecule has 0 bridgehead atoms. The average Bonchev–Trinajstić information content (AvgIpc) is 4.07. The molecule has 13 nitrogen and oxygen atoms in total. The van der Waals surface area contributed by atoms with E-state index in [0.717, 1.165) is 50.8 Å². The van der Waals surface area contributed by atoms with Crippen molar-refractivity contribution in [1.82, 2.24) is 29.9 Å². The van der Waals surface area contributed by atoms with Crippen LogP contribution in [0.15, 0.2) is 163 Å². The summed E-state index contributed by atoms with van der Waals surface area (Å²) in [6, 6.07) is 32.3. The van der Waals surface area contributed by atoms with Gasteiger partial charge in [-0.25, -0.2) is 15.0 Å². The predicted molar refractivity (Wildman–Crippen MR) is 235 cm³/mol. The Morgan fingerprint density at radius 1 is 0.390 bits per heavy atom. The van der Waals surface area contributed by atoms with E-state index < -0.39 is 7.82 Å². The Kier molecular flexibility index (Phi) is 11.0. The minimum absolute atomic E-state index is 0.273. The van der Waals surface area contributed by atoms with Crippen LogP contribution in [-0.2, 0) is 4.57 Å². The van der Waals surface area contributed by atoms with Crippen molar-refractivity contribution in [2.24, 2.45) is 0 Å². The molecular formula is C42H30N9O4PS3. The Labute approximate surface area is 350 Å². The maximum absolute atomic E-state index is 14.5. The van der Waals surface area contributed by atoms with Crippen LogP contribution < -0.4 is 29.5 Å². The molecule has 9 rings (SSSR count). The van der Waals surface area contributed by atoms with Crippen LogP contribution in [0.3, 0.4) is 0 Å². The fourth-order valence-electron chi connectivity index (χ4n) is 5.57. The van der Waals surface area contributed by atoms with Gasteiger partial charge in [0.15, 0.2) is 15.4 Å². The molecule has 6 aromatic heterocycles. The molecule has 0 amide bonds. The first-order chi connectivity index (χ1) is 29.0. The normalized spacial score (nSPS) is 11.1. The van der Waals surface area contributed by atoms with Crippen molar-refractivity contribution in [2.75, 3.05) is 16.0 Å². The molecule has 17 heteroatoms. The van der Waals surface area contributed by atoms with Gasteiger partial charge in [-0.3, -0.25) is 15.0 Å². The summed E-state index contributed by atoms with van der Waals surface area (Å²) in [4.78, 5) is 26.3. The van der Waals surface area contributed by atoms with Crippen molar-refractivity contribution in [2.45, 2.75) is 0 Å². The minimum Gasteiger partial charge on any atom is -0.386 e. The number of hydrogen-bond acceptors (Lipinski definition) is 16. The lowest BCUT2D eigenvalue weighted by Gasteiger charge is -2.20. The second-order valence-electron chi connectivity index (χ2n) is 12.5. The maximum Gasteiger partial charge on any atom is 0.647 e. The maximum atomic E-state index is 14.5. The molecule has 6 heterocycles. The van der Waals surface area contributed by atoms with Crippen LogP contribution in [0.5, 0.6) is 17.2 Å². The molecule has 0 fully saturated rings. The molecule has 3 aromatic carbocycles. The Morgan fingerprint density at radius 2 is 0.661 bits per heavy atom. The molecule has 0 aliphatic carbocycles. The number of nitrogens with one attached hydrogen (secondary N) is 3. The van der Waals surface area contributed by atoms with Crippen molar-refractivity contribution >= 4 is 74.3 Å². The number of phosphoric acid groups is 1. The second kappa shape index (κ2) is 17.3. The quantitative estimate of drug-likeness (QED) is 0.0838. The Bertz CT molecular complexity index is 2500. The number of pyridine rings is 3. The Morgan fingerprint density at radius 3 is 0.932 bits per heavy atom. The minimum atomic E-state index is -4.33. The zero-order valence-electron chi connectivity index (χ0n) is 30.6. The highest BCUT2D eigenvalue weighted by Gasteiger charge is 2.33. The first-order valence-electron chi connectivity index (χ1n) is 17.9. The van der Waals surface area contributed by atoms with Crippen molar-refractivity contribution in [1.29, 1.82) is 0 Å². The van der Waals surface area contributed by atoms with Crippen LogP contribution in [0.4, 0.5) is 32.5 Å². The third-order valence-corrected chi connectivity index (χ3v) is 12.0. The molecule has 59 heavy (non-hydrogen) atoms. The fourth-order valence-corrected chi connectivity index (χ4v) is 9.04. The zero-order valence-corrected chi connectivity index (χ0v) is 33.9. The molecule has 0 radical (unpaired) electrons. The number of anilines is 6. The largest absolute Gasteiger partial charge is 0.647 e. The van der Waals surface area contributed by atoms with Gasteiger partial charge in [-0.05, 0) is 109 Å². The highest BCUT2D eigenvalue weighted by molar-refractivity contribution is 7.49. The van der Waals surface area contributed by atoms with Gasteiger partial charge in [-0.1, -0.05) is 0 Å². The van der Waals surface area contributed by atoms with E-state index in [0.29, 0.717) is 15.4 Å². The molecule has 0 saturated carbocycles. The molecule has 0 atom stereocenters. The molecule has 9 aromatic rings. The fraction of sp³-hybridized carbons (Fsp3) is 0. The van der Waals surface area contributed by atoms with Crippen LogP contribution in [0, 0.1) is 0 Å². The predicted octanol–water partition coefficient (Wildman–Crippen LogP) is 12.1. The molecular weight excluding hydrogens is 822 g/mol. The van der Waals surface area contributed by atoms with Gasteiger partial charge in [0.05, 0.1) is 17.1 Å². The van der Waals surface area contributed by atoms with E-state index in [4.69, 9.17) is 13.6 Å². The van der Waals surface area contributed by atoms with Gasteiger partial charge in [-0.2, -0.15) is 4.57 Å². The lowest BCUT2D eigenvalue weighted by Crippen LogP contribution is -2.07. The van der Waals surface area contributed by atoms with Crippen LogP contribution >= 0.6 is 41.8 Å². The molecule has 0 unspecified atom stereocenters. The second-order valence-corrected chi connectivity index (χ2v) is 16.5.